The number of nitrogens with zero attached hydrogens (tertiary/aromatic N) is 5. The Hall–Kier alpha value is -2.66. The summed E-state index contributed by atoms with van der Waals surface area (Å²) in [6.45, 7) is 10.1. The van der Waals surface area contributed by atoms with Crippen LogP contribution in [0.3, 0.4) is 0 Å². The predicted molar refractivity (Wildman–Crippen MR) is 145 cm³/mol. The molecule has 4 rings (SSSR count). The van der Waals surface area contributed by atoms with Crippen LogP contribution in [0.25, 0.3) is 0 Å². The topological polar surface area (TPSA) is 95.5 Å². The van der Waals surface area contributed by atoms with Gasteiger partial charge in [0.2, 0.25) is 0 Å². The van der Waals surface area contributed by atoms with Crippen molar-refractivity contribution in [3.63, 3.8) is 0 Å². The molecule has 2 aliphatic heterocycles. The molecule has 1 aromatic carbocycles. The van der Waals surface area contributed by atoms with E-state index in [9.17, 15) is 5.11 Å². The van der Waals surface area contributed by atoms with Crippen LogP contribution in [0.15, 0.2) is 30.6 Å². The largest absolute Gasteiger partial charge is 0.490 e. The quantitative estimate of drug-likeness (QED) is 0.436. The van der Waals surface area contributed by atoms with Crippen LogP contribution < -0.4 is 24.6 Å². The molecule has 0 radical (unpaired) electrons. The summed E-state index contributed by atoms with van der Waals surface area (Å²) in [6.07, 6.45) is 3.25. The Bertz CT molecular complexity index is 987. The number of aliphatic hydroxyl groups is 1. The van der Waals surface area contributed by atoms with Gasteiger partial charge >= 0.3 is 0 Å². The average molecular weight is 515 g/mol. The van der Waals surface area contributed by atoms with Gasteiger partial charge in [-0.1, -0.05) is 6.07 Å². The van der Waals surface area contributed by atoms with Crippen LogP contribution in [0, 0.1) is 0 Å². The number of β-amino-alcohol motifs (C(OH)–C–C–N with tert-alkyl or cyclic N) is 1. The maximum atomic E-state index is 11.3. The van der Waals surface area contributed by atoms with Crippen molar-refractivity contribution in [2.75, 3.05) is 89.6 Å². The van der Waals surface area contributed by atoms with Crippen molar-refractivity contribution in [1.82, 2.24) is 20.2 Å². The van der Waals surface area contributed by atoms with Gasteiger partial charge < -0.3 is 34.4 Å². The van der Waals surface area contributed by atoms with Crippen molar-refractivity contribution >= 4 is 11.6 Å². The molecule has 0 bridgehead atoms. The first-order chi connectivity index (χ1) is 18.0. The van der Waals surface area contributed by atoms with Crippen LogP contribution >= 0.6 is 0 Å². The van der Waals surface area contributed by atoms with Crippen LogP contribution in [0.5, 0.6) is 11.5 Å². The number of piperidine rings is 1. The second kappa shape index (κ2) is 13.2. The Labute approximate surface area is 220 Å². The lowest BCUT2D eigenvalue weighted by Crippen LogP contribution is -2.53. The van der Waals surface area contributed by atoms with Crippen LogP contribution in [0.2, 0.25) is 0 Å². The van der Waals surface area contributed by atoms with Crippen LogP contribution in [-0.2, 0) is 11.3 Å². The number of anilines is 2. The van der Waals surface area contributed by atoms with Crippen molar-refractivity contribution in [2.24, 2.45) is 0 Å². The van der Waals surface area contributed by atoms with E-state index in [0.29, 0.717) is 32.8 Å². The van der Waals surface area contributed by atoms with E-state index in [1.807, 2.05) is 44.1 Å². The summed E-state index contributed by atoms with van der Waals surface area (Å²) < 4.78 is 17.3. The number of morpholine rings is 1. The number of benzene rings is 1. The van der Waals surface area contributed by atoms with E-state index in [0.717, 1.165) is 80.9 Å². The molecule has 0 unspecified atom stereocenters. The lowest BCUT2D eigenvalue weighted by atomic mass is 9.92. The zero-order valence-electron chi connectivity index (χ0n) is 22.5. The highest BCUT2D eigenvalue weighted by atomic mass is 16.5. The van der Waals surface area contributed by atoms with Gasteiger partial charge in [-0.15, -0.1) is 0 Å². The van der Waals surface area contributed by atoms with Crippen molar-refractivity contribution < 1.29 is 19.3 Å². The fourth-order valence-electron chi connectivity index (χ4n) is 4.81. The highest BCUT2D eigenvalue weighted by molar-refractivity contribution is 5.50. The van der Waals surface area contributed by atoms with Gasteiger partial charge in [0.25, 0.3) is 0 Å². The molecule has 0 amide bonds. The van der Waals surface area contributed by atoms with Gasteiger partial charge in [-0.2, -0.15) is 0 Å². The maximum absolute atomic E-state index is 11.3. The highest BCUT2D eigenvalue weighted by Crippen LogP contribution is 2.29. The Kier molecular flexibility index (Phi) is 9.79. The van der Waals surface area contributed by atoms with Gasteiger partial charge in [-0.05, 0) is 37.5 Å². The molecular formula is C27H42N6O4. The molecule has 37 heavy (non-hydrogen) atoms. The standard InChI is InChI=1S/C27H42N6O4/c1-4-36-24-16-22(6-7-23(24)37-15-12-32-10-13-35-14-11-32)18-28-19-27(34)8-5-9-33(20-27)26-17-25(31(2)3)29-21-30-26/h6-7,16-17,21,28,34H,4-5,8-15,18-20H2,1-3H3/t27-/m1/s1. The molecular weight excluding hydrogens is 472 g/mol. The summed E-state index contributed by atoms with van der Waals surface area (Å²) in [4.78, 5) is 15.2. The van der Waals surface area contributed by atoms with E-state index in [1.165, 1.54) is 0 Å². The highest BCUT2D eigenvalue weighted by Gasteiger charge is 2.33. The molecule has 10 heteroatoms. The number of ether oxygens (including phenoxy) is 3. The van der Waals surface area contributed by atoms with Gasteiger partial charge in [0, 0.05) is 66.0 Å². The maximum Gasteiger partial charge on any atom is 0.161 e. The van der Waals surface area contributed by atoms with Crippen LogP contribution in [0.4, 0.5) is 11.6 Å². The van der Waals surface area contributed by atoms with E-state index in [-0.39, 0.29) is 0 Å². The summed E-state index contributed by atoms with van der Waals surface area (Å²) >= 11 is 0. The van der Waals surface area contributed by atoms with Crippen molar-refractivity contribution in [3.8, 4) is 11.5 Å². The SMILES string of the molecule is CCOc1cc(CNC[C@]2(O)CCCN(c3cc(N(C)C)ncn3)C2)ccc1OCCN1CCOCC1. The third kappa shape index (κ3) is 7.91. The molecule has 2 N–H and O–H groups in total. The van der Waals surface area contributed by atoms with Crippen molar-refractivity contribution in [2.45, 2.75) is 31.9 Å². The number of aromatic nitrogens is 2. The Morgan fingerprint density at radius 2 is 1.95 bits per heavy atom. The number of hydrogen-bond acceptors (Lipinski definition) is 10. The molecule has 2 aromatic rings. The first-order valence-corrected chi connectivity index (χ1v) is 13.3. The van der Waals surface area contributed by atoms with Crippen LogP contribution in [0.1, 0.15) is 25.3 Å². The second-order valence-corrected chi connectivity index (χ2v) is 10.00. The molecule has 3 heterocycles. The summed E-state index contributed by atoms with van der Waals surface area (Å²) in [6, 6.07) is 8.04. The number of rotatable bonds is 12. The Balaban J connectivity index is 1.29. The molecule has 204 valence electrons. The molecule has 1 atom stereocenters. The summed E-state index contributed by atoms with van der Waals surface area (Å²) in [5, 5.41) is 14.8. The molecule has 0 aliphatic carbocycles. The van der Waals surface area contributed by atoms with E-state index < -0.39 is 5.60 Å². The lowest BCUT2D eigenvalue weighted by Gasteiger charge is -2.40. The lowest BCUT2D eigenvalue weighted by molar-refractivity contribution is 0.0258. The first kappa shape index (κ1) is 27.4. The van der Waals surface area contributed by atoms with Gasteiger partial charge in [-0.3, -0.25) is 4.90 Å². The minimum Gasteiger partial charge on any atom is -0.490 e. The zero-order chi connectivity index (χ0) is 26.1. The minimum atomic E-state index is -0.827. The number of nitrogens with one attached hydrogen (secondary N) is 1. The number of hydrogen-bond donors (Lipinski definition) is 2. The molecule has 0 saturated carbocycles. The van der Waals surface area contributed by atoms with E-state index in [2.05, 4.69) is 31.2 Å². The van der Waals surface area contributed by atoms with Gasteiger partial charge in [-0.25, -0.2) is 9.97 Å². The summed E-state index contributed by atoms with van der Waals surface area (Å²) in [5.74, 6) is 3.23. The van der Waals surface area contributed by atoms with E-state index in [1.54, 1.807) is 6.33 Å². The molecule has 2 aliphatic rings. The third-order valence-electron chi connectivity index (χ3n) is 6.84. The Morgan fingerprint density at radius 3 is 2.73 bits per heavy atom. The van der Waals surface area contributed by atoms with Crippen molar-refractivity contribution in [1.29, 1.82) is 0 Å². The van der Waals surface area contributed by atoms with Gasteiger partial charge in [0.05, 0.1) is 25.4 Å². The van der Waals surface area contributed by atoms with Crippen LogP contribution in [-0.4, -0.2) is 105 Å². The molecule has 2 saturated heterocycles. The summed E-state index contributed by atoms with van der Waals surface area (Å²) in [7, 11) is 3.92. The molecule has 2 fully saturated rings. The predicted octanol–water partition coefficient (Wildman–Crippen LogP) is 1.77. The Morgan fingerprint density at radius 1 is 1.11 bits per heavy atom. The zero-order valence-corrected chi connectivity index (χ0v) is 22.5. The molecule has 0 spiro atoms. The van der Waals surface area contributed by atoms with Crippen molar-refractivity contribution in [3.05, 3.63) is 36.2 Å². The fourth-order valence-corrected chi connectivity index (χ4v) is 4.81. The first-order valence-electron chi connectivity index (χ1n) is 13.3. The van der Waals surface area contributed by atoms with E-state index >= 15 is 0 Å². The molecule has 1 aromatic heterocycles. The van der Waals surface area contributed by atoms with Gasteiger partial charge in [0.15, 0.2) is 11.5 Å². The van der Waals surface area contributed by atoms with Gasteiger partial charge in [0.1, 0.15) is 24.6 Å². The second-order valence-electron chi connectivity index (χ2n) is 10.00. The smallest absolute Gasteiger partial charge is 0.161 e. The average Bonchev–Trinajstić information content (AvgIpc) is 2.90. The monoisotopic (exact) mass is 514 g/mol. The minimum absolute atomic E-state index is 0.497. The van der Waals surface area contributed by atoms with E-state index in [4.69, 9.17) is 14.2 Å². The third-order valence-corrected chi connectivity index (χ3v) is 6.84. The molecule has 10 nitrogen and oxygen atoms in total. The fraction of sp³-hybridized carbons (Fsp3) is 0.630. The summed E-state index contributed by atoms with van der Waals surface area (Å²) in [5.41, 5.74) is 0.263. The normalized spacial score (nSPS) is 20.6.